The van der Waals surface area contributed by atoms with Crippen LogP contribution in [0.15, 0.2) is 30.5 Å². The highest BCUT2D eigenvalue weighted by Gasteiger charge is 2.14. The van der Waals surface area contributed by atoms with E-state index in [2.05, 4.69) is 9.88 Å². The lowest BCUT2D eigenvalue weighted by atomic mass is 10.1. The predicted octanol–water partition coefficient (Wildman–Crippen LogP) is 1.14. The number of para-hydroxylation sites is 1. The molecule has 2 aromatic rings. The number of benzene rings is 1. The van der Waals surface area contributed by atoms with Gasteiger partial charge in [0, 0.05) is 43.9 Å². The molecule has 108 valence electrons. The van der Waals surface area contributed by atoms with E-state index in [0.717, 1.165) is 22.2 Å². The van der Waals surface area contributed by atoms with Crippen molar-refractivity contribution < 1.29 is 9.84 Å². The molecule has 3 N–H and O–H groups in total. The van der Waals surface area contributed by atoms with Crippen molar-refractivity contribution >= 4 is 16.6 Å². The molecule has 2 rings (SSSR count). The van der Waals surface area contributed by atoms with E-state index in [1.165, 1.54) is 0 Å². The summed E-state index contributed by atoms with van der Waals surface area (Å²) in [6, 6.07) is 7.97. The molecule has 0 aliphatic carbocycles. The van der Waals surface area contributed by atoms with E-state index in [1.807, 2.05) is 30.5 Å². The van der Waals surface area contributed by atoms with Crippen LogP contribution in [0.2, 0.25) is 0 Å². The van der Waals surface area contributed by atoms with Gasteiger partial charge < -0.3 is 20.5 Å². The summed E-state index contributed by atoms with van der Waals surface area (Å²) < 4.78 is 5.16. The Morgan fingerprint density at radius 1 is 1.30 bits per heavy atom. The number of ether oxygens (including phenoxy) is 1. The van der Waals surface area contributed by atoms with Gasteiger partial charge in [0.2, 0.25) is 0 Å². The molecule has 1 aromatic heterocycles. The van der Waals surface area contributed by atoms with E-state index < -0.39 is 0 Å². The number of fused-ring (bicyclic) bond motifs is 1. The number of aromatic nitrogens is 1. The Hall–Kier alpha value is -1.69. The Morgan fingerprint density at radius 3 is 2.80 bits per heavy atom. The van der Waals surface area contributed by atoms with E-state index in [9.17, 15) is 5.11 Å². The number of rotatable bonds is 7. The number of hydrogen-bond donors (Lipinski definition) is 2. The Morgan fingerprint density at radius 2 is 2.10 bits per heavy atom. The zero-order valence-corrected chi connectivity index (χ0v) is 11.7. The lowest BCUT2D eigenvalue weighted by Crippen LogP contribution is -2.31. The van der Waals surface area contributed by atoms with Gasteiger partial charge in [0.25, 0.3) is 0 Å². The number of aliphatic hydroxyl groups is 1. The van der Waals surface area contributed by atoms with Gasteiger partial charge in [0.15, 0.2) is 0 Å². The lowest BCUT2D eigenvalue weighted by molar-refractivity contribution is 0.203. The van der Waals surface area contributed by atoms with Gasteiger partial charge >= 0.3 is 0 Å². The fourth-order valence-corrected chi connectivity index (χ4v) is 2.35. The second-order valence-electron chi connectivity index (χ2n) is 4.56. The molecule has 0 saturated heterocycles. The molecule has 0 bridgehead atoms. The highest BCUT2D eigenvalue weighted by Crippen LogP contribution is 2.29. The molecule has 0 amide bonds. The van der Waals surface area contributed by atoms with Crippen LogP contribution in [0.5, 0.6) is 0 Å². The quantitative estimate of drug-likeness (QED) is 0.793. The summed E-state index contributed by atoms with van der Waals surface area (Å²) >= 11 is 0. The molecular weight excluding hydrogens is 254 g/mol. The molecule has 0 unspecified atom stereocenters. The summed E-state index contributed by atoms with van der Waals surface area (Å²) in [6.45, 7) is 2.36. The van der Waals surface area contributed by atoms with Crippen molar-refractivity contribution in [3.8, 4) is 0 Å². The number of nitrogens with zero attached hydrogens (tertiary/aromatic N) is 2. The van der Waals surface area contributed by atoms with Crippen molar-refractivity contribution in [3.05, 3.63) is 36.0 Å². The number of hydrogen-bond acceptors (Lipinski definition) is 5. The summed E-state index contributed by atoms with van der Waals surface area (Å²) in [4.78, 5) is 6.54. The van der Waals surface area contributed by atoms with Crippen LogP contribution in [0.25, 0.3) is 10.9 Å². The molecule has 0 saturated carbocycles. The average Bonchev–Trinajstić information content (AvgIpc) is 2.50. The third-order valence-corrected chi connectivity index (χ3v) is 3.29. The maximum atomic E-state index is 9.30. The third kappa shape index (κ3) is 3.07. The minimum Gasteiger partial charge on any atom is -0.395 e. The number of anilines is 1. The van der Waals surface area contributed by atoms with Crippen molar-refractivity contribution in [2.75, 3.05) is 38.3 Å². The zero-order chi connectivity index (χ0) is 14.4. The SMILES string of the molecule is COCCN(CCO)c1c(CN)cnc2ccccc12. The first-order valence-corrected chi connectivity index (χ1v) is 6.73. The molecule has 0 fully saturated rings. The van der Waals surface area contributed by atoms with Crippen molar-refractivity contribution in [1.29, 1.82) is 0 Å². The van der Waals surface area contributed by atoms with Crippen LogP contribution >= 0.6 is 0 Å². The van der Waals surface area contributed by atoms with Gasteiger partial charge in [0.05, 0.1) is 24.4 Å². The normalized spacial score (nSPS) is 10.9. The first kappa shape index (κ1) is 14.7. The van der Waals surface area contributed by atoms with Crippen molar-refractivity contribution in [3.63, 3.8) is 0 Å². The van der Waals surface area contributed by atoms with Gasteiger partial charge in [-0.2, -0.15) is 0 Å². The van der Waals surface area contributed by atoms with E-state index in [-0.39, 0.29) is 6.61 Å². The molecular formula is C15H21N3O2. The molecule has 0 spiro atoms. The summed E-state index contributed by atoms with van der Waals surface area (Å²) in [6.07, 6.45) is 1.81. The van der Waals surface area contributed by atoms with E-state index in [4.69, 9.17) is 10.5 Å². The van der Waals surface area contributed by atoms with Gasteiger partial charge in [-0.1, -0.05) is 18.2 Å². The minimum absolute atomic E-state index is 0.0877. The lowest BCUT2D eigenvalue weighted by Gasteiger charge is -2.27. The highest BCUT2D eigenvalue weighted by molar-refractivity contribution is 5.93. The molecule has 5 heteroatoms. The average molecular weight is 275 g/mol. The Kier molecular flexibility index (Phi) is 5.29. The number of aliphatic hydroxyl groups excluding tert-OH is 1. The van der Waals surface area contributed by atoms with Crippen LogP contribution in [-0.2, 0) is 11.3 Å². The molecule has 1 heterocycles. The van der Waals surface area contributed by atoms with Crippen LogP contribution in [0.3, 0.4) is 0 Å². The zero-order valence-electron chi connectivity index (χ0n) is 11.7. The van der Waals surface area contributed by atoms with Gasteiger partial charge in [-0.25, -0.2) is 0 Å². The summed E-state index contributed by atoms with van der Waals surface area (Å²) in [5, 5.41) is 10.4. The Labute approximate surface area is 119 Å². The fraction of sp³-hybridized carbons (Fsp3) is 0.400. The minimum atomic E-state index is 0.0877. The Bertz CT molecular complexity index is 560. The molecule has 20 heavy (non-hydrogen) atoms. The predicted molar refractivity (Wildman–Crippen MR) is 80.8 cm³/mol. The van der Waals surface area contributed by atoms with Gasteiger partial charge in [-0.3, -0.25) is 4.98 Å². The number of nitrogens with two attached hydrogens (primary N) is 1. The summed E-state index contributed by atoms with van der Waals surface area (Å²) in [5.41, 5.74) is 8.80. The largest absolute Gasteiger partial charge is 0.395 e. The Balaban J connectivity index is 2.51. The maximum absolute atomic E-state index is 9.30. The highest BCUT2D eigenvalue weighted by atomic mass is 16.5. The van der Waals surface area contributed by atoms with Gasteiger partial charge in [-0.15, -0.1) is 0 Å². The molecule has 0 radical (unpaired) electrons. The standard InChI is InChI=1S/C15H21N3O2/c1-20-9-7-18(6-8-19)15-12(10-16)11-17-14-5-3-2-4-13(14)15/h2-5,11,19H,6-10,16H2,1H3. The van der Waals surface area contributed by atoms with Gasteiger partial charge in [0.1, 0.15) is 0 Å². The smallest absolute Gasteiger partial charge is 0.0723 e. The number of pyridine rings is 1. The monoisotopic (exact) mass is 275 g/mol. The summed E-state index contributed by atoms with van der Waals surface area (Å²) in [7, 11) is 1.67. The van der Waals surface area contributed by atoms with Crippen molar-refractivity contribution in [2.45, 2.75) is 6.54 Å². The molecule has 0 atom stereocenters. The van der Waals surface area contributed by atoms with Crippen LogP contribution in [0.1, 0.15) is 5.56 Å². The third-order valence-electron chi connectivity index (χ3n) is 3.29. The second kappa shape index (κ2) is 7.19. The first-order chi connectivity index (χ1) is 9.81. The fourth-order valence-electron chi connectivity index (χ4n) is 2.35. The van der Waals surface area contributed by atoms with Crippen LogP contribution in [0, 0.1) is 0 Å². The maximum Gasteiger partial charge on any atom is 0.0723 e. The van der Waals surface area contributed by atoms with E-state index >= 15 is 0 Å². The van der Waals surface area contributed by atoms with Crippen LogP contribution in [0.4, 0.5) is 5.69 Å². The number of methoxy groups -OCH3 is 1. The van der Waals surface area contributed by atoms with Crippen LogP contribution < -0.4 is 10.6 Å². The topological polar surface area (TPSA) is 71.6 Å². The van der Waals surface area contributed by atoms with Crippen molar-refractivity contribution in [1.82, 2.24) is 4.98 Å². The van der Waals surface area contributed by atoms with E-state index in [1.54, 1.807) is 7.11 Å². The molecule has 0 aliphatic heterocycles. The molecule has 5 nitrogen and oxygen atoms in total. The van der Waals surface area contributed by atoms with E-state index in [0.29, 0.717) is 26.2 Å². The van der Waals surface area contributed by atoms with Crippen LogP contribution in [-0.4, -0.2) is 43.5 Å². The summed E-state index contributed by atoms with van der Waals surface area (Å²) in [5.74, 6) is 0. The van der Waals surface area contributed by atoms with Gasteiger partial charge in [-0.05, 0) is 6.07 Å². The van der Waals surface area contributed by atoms with Crippen molar-refractivity contribution in [2.24, 2.45) is 5.73 Å². The second-order valence-corrected chi connectivity index (χ2v) is 4.56. The molecule has 1 aromatic carbocycles. The molecule has 0 aliphatic rings. The first-order valence-electron chi connectivity index (χ1n) is 6.73.